The molecule has 0 spiro atoms. The molecule has 0 saturated carbocycles. The van der Waals surface area contributed by atoms with Crippen molar-refractivity contribution in [1.29, 1.82) is 0 Å². The van der Waals surface area contributed by atoms with Gasteiger partial charge in [-0.15, -0.1) is 0 Å². The van der Waals surface area contributed by atoms with Crippen LogP contribution in [0.15, 0.2) is 66.7 Å². The number of rotatable bonds is 6. The summed E-state index contributed by atoms with van der Waals surface area (Å²) in [5.41, 5.74) is 1.05. The van der Waals surface area contributed by atoms with Crippen molar-refractivity contribution in [1.82, 2.24) is 4.90 Å². The van der Waals surface area contributed by atoms with Crippen molar-refractivity contribution in [2.45, 2.75) is 32.3 Å². The minimum Gasteiger partial charge on any atom is -0.481 e. The maximum Gasteiger partial charge on any atom is 0.265 e. The lowest BCUT2D eigenvalue weighted by molar-refractivity contribution is -0.122. The van der Waals surface area contributed by atoms with Crippen LogP contribution >= 0.6 is 0 Å². The minimum atomic E-state index is -0.652. The van der Waals surface area contributed by atoms with E-state index in [2.05, 4.69) is 5.32 Å². The van der Waals surface area contributed by atoms with Crippen LogP contribution in [0.25, 0.3) is 10.8 Å². The molecule has 0 bridgehead atoms. The van der Waals surface area contributed by atoms with Crippen LogP contribution in [0, 0.1) is 0 Å². The van der Waals surface area contributed by atoms with Crippen molar-refractivity contribution in [2.75, 3.05) is 18.4 Å². The summed E-state index contributed by atoms with van der Waals surface area (Å²) < 4.78 is 6.00. The van der Waals surface area contributed by atoms with Gasteiger partial charge in [-0.2, -0.15) is 0 Å². The predicted molar refractivity (Wildman–Crippen MR) is 119 cm³/mol. The van der Waals surface area contributed by atoms with Crippen LogP contribution in [-0.2, 0) is 4.79 Å². The van der Waals surface area contributed by atoms with Crippen LogP contribution < -0.4 is 10.1 Å². The molecular weight excluding hydrogens is 376 g/mol. The summed E-state index contributed by atoms with van der Waals surface area (Å²) in [7, 11) is 0. The van der Waals surface area contributed by atoms with E-state index in [0.29, 0.717) is 23.4 Å². The van der Waals surface area contributed by atoms with Crippen molar-refractivity contribution in [3.63, 3.8) is 0 Å². The van der Waals surface area contributed by atoms with Gasteiger partial charge in [0.25, 0.3) is 11.8 Å². The zero-order valence-electron chi connectivity index (χ0n) is 17.1. The van der Waals surface area contributed by atoms with E-state index in [1.807, 2.05) is 66.4 Å². The second-order valence-electron chi connectivity index (χ2n) is 7.56. The summed E-state index contributed by atoms with van der Waals surface area (Å²) in [4.78, 5) is 27.6. The van der Waals surface area contributed by atoms with Gasteiger partial charge in [-0.05, 0) is 54.3 Å². The van der Waals surface area contributed by atoms with Crippen molar-refractivity contribution in [2.24, 2.45) is 0 Å². The number of carbonyl (C=O) groups is 2. The highest BCUT2D eigenvalue weighted by molar-refractivity contribution is 6.04. The lowest BCUT2D eigenvalue weighted by Gasteiger charge is -2.20. The Kier molecular flexibility index (Phi) is 5.98. The molecule has 0 radical (unpaired) electrons. The second-order valence-corrected chi connectivity index (χ2v) is 7.56. The first-order valence-corrected chi connectivity index (χ1v) is 10.5. The van der Waals surface area contributed by atoms with Crippen molar-refractivity contribution in [3.8, 4) is 5.75 Å². The molecule has 4 rings (SSSR count). The van der Waals surface area contributed by atoms with Gasteiger partial charge in [-0.3, -0.25) is 9.59 Å². The highest BCUT2D eigenvalue weighted by Gasteiger charge is 2.24. The van der Waals surface area contributed by atoms with Crippen LogP contribution in [0.3, 0.4) is 0 Å². The molecule has 1 atom stereocenters. The summed E-state index contributed by atoms with van der Waals surface area (Å²) in [6, 6.07) is 21.0. The molecule has 1 saturated heterocycles. The quantitative estimate of drug-likeness (QED) is 0.640. The third-order valence-electron chi connectivity index (χ3n) is 5.47. The maximum absolute atomic E-state index is 12.9. The third-order valence-corrected chi connectivity index (χ3v) is 5.47. The molecule has 5 nitrogen and oxygen atoms in total. The lowest BCUT2D eigenvalue weighted by atomic mass is 10.1. The average molecular weight is 402 g/mol. The number of likely N-dealkylation sites (tertiary alicyclic amines) is 1. The molecule has 1 aliphatic heterocycles. The van der Waals surface area contributed by atoms with E-state index in [4.69, 9.17) is 4.74 Å². The Morgan fingerprint density at radius 3 is 2.43 bits per heavy atom. The minimum absolute atomic E-state index is 0.0353. The lowest BCUT2D eigenvalue weighted by Crippen LogP contribution is -2.34. The Labute approximate surface area is 176 Å². The molecule has 1 N–H and O–H groups in total. The number of carbonyl (C=O) groups excluding carboxylic acids is 2. The van der Waals surface area contributed by atoms with E-state index in [9.17, 15) is 9.59 Å². The van der Waals surface area contributed by atoms with E-state index in [1.165, 1.54) is 0 Å². The first-order chi connectivity index (χ1) is 14.7. The number of benzene rings is 3. The van der Waals surface area contributed by atoms with E-state index < -0.39 is 6.10 Å². The Morgan fingerprint density at radius 2 is 1.67 bits per heavy atom. The number of nitrogens with zero attached hydrogens (tertiary/aromatic N) is 1. The van der Waals surface area contributed by atoms with Crippen LogP contribution in [0.1, 0.15) is 36.5 Å². The van der Waals surface area contributed by atoms with Gasteiger partial charge in [0.15, 0.2) is 6.10 Å². The number of anilines is 1. The number of fused-ring (bicyclic) bond motifs is 1. The molecule has 1 fully saturated rings. The zero-order chi connectivity index (χ0) is 20.9. The second kappa shape index (κ2) is 8.99. The van der Waals surface area contributed by atoms with Crippen LogP contribution in [0.4, 0.5) is 5.69 Å². The molecule has 2 amide bonds. The molecule has 0 aromatic heterocycles. The van der Waals surface area contributed by atoms with E-state index in [1.54, 1.807) is 12.1 Å². The number of ether oxygens (including phenoxy) is 1. The summed E-state index contributed by atoms with van der Waals surface area (Å²) in [5.74, 6) is 0.358. The van der Waals surface area contributed by atoms with Crippen molar-refractivity contribution >= 4 is 28.3 Å². The van der Waals surface area contributed by atoms with Gasteiger partial charge in [-0.1, -0.05) is 49.4 Å². The van der Waals surface area contributed by atoms with Gasteiger partial charge < -0.3 is 15.0 Å². The molecule has 5 heteroatoms. The maximum atomic E-state index is 12.9. The summed E-state index contributed by atoms with van der Waals surface area (Å²) >= 11 is 0. The van der Waals surface area contributed by atoms with Gasteiger partial charge in [0.2, 0.25) is 0 Å². The number of nitrogens with one attached hydrogen (secondary N) is 1. The van der Waals surface area contributed by atoms with Crippen molar-refractivity contribution < 1.29 is 14.3 Å². The van der Waals surface area contributed by atoms with Gasteiger partial charge in [-0.25, -0.2) is 0 Å². The van der Waals surface area contributed by atoms with Crippen LogP contribution in [0.5, 0.6) is 5.75 Å². The monoisotopic (exact) mass is 402 g/mol. The number of para-hydroxylation sites is 1. The standard InChI is InChI=1S/C25H26N2O3/c1-2-23(30-20-14-13-18-9-3-4-10-19(18)17-20)24(28)26-22-12-6-5-11-21(22)25(29)27-15-7-8-16-27/h3-6,9-14,17,23H,2,7-8,15-16H2,1H3,(H,26,28)/t23-/m1/s1. The SMILES string of the molecule is CC[C@@H](Oc1ccc2ccccc2c1)C(=O)Nc1ccccc1C(=O)N1CCCC1. The molecule has 3 aromatic carbocycles. The van der Waals surface area contributed by atoms with Crippen LogP contribution in [0.2, 0.25) is 0 Å². The van der Waals surface area contributed by atoms with E-state index in [-0.39, 0.29) is 11.8 Å². The molecule has 1 aliphatic rings. The largest absolute Gasteiger partial charge is 0.481 e. The van der Waals surface area contributed by atoms with Gasteiger partial charge in [0, 0.05) is 13.1 Å². The Bertz CT molecular complexity index is 1060. The fraction of sp³-hybridized carbons (Fsp3) is 0.280. The molecule has 3 aromatic rings. The topological polar surface area (TPSA) is 58.6 Å². The highest BCUT2D eigenvalue weighted by Crippen LogP contribution is 2.24. The Balaban J connectivity index is 1.49. The molecule has 0 unspecified atom stereocenters. The van der Waals surface area contributed by atoms with Gasteiger partial charge in [0.05, 0.1) is 11.3 Å². The number of amides is 2. The summed E-state index contributed by atoms with van der Waals surface area (Å²) in [5, 5.41) is 5.10. The van der Waals surface area contributed by atoms with Crippen LogP contribution in [-0.4, -0.2) is 35.9 Å². The normalized spacial score (nSPS) is 14.5. The first kappa shape index (κ1) is 20.0. The summed E-state index contributed by atoms with van der Waals surface area (Å²) in [6.07, 6.45) is 1.91. The molecule has 0 aliphatic carbocycles. The zero-order valence-corrected chi connectivity index (χ0v) is 17.1. The average Bonchev–Trinajstić information content (AvgIpc) is 3.32. The number of hydrogen-bond acceptors (Lipinski definition) is 3. The third kappa shape index (κ3) is 4.30. The molecule has 154 valence electrons. The van der Waals surface area contributed by atoms with Crippen molar-refractivity contribution in [3.05, 3.63) is 72.3 Å². The Morgan fingerprint density at radius 1 is 0.967 bits per heavy atom. The van der Waals surface area contributed by atoms with E-state index >= 15 is 0 Å². The van der Waals surface area contributed by atoms with Gasteiger partial charge in [0.1, 0.15) is 5.75 Å². The first-order valence-electron chi connectivity index (χ1n) is 10.5. The molecular formula is C25H26N2O3. The summed E-state index contributed by atoms with van der Waals surface area (Å²) in [6.45, 7) is 3.44. The molecule has 1 heterocycles. The highest BCUT2D eigenvalue weighted by atomic mass is 16.5. The fourth-order valence-corrected chi connectivity index (χ4v) is 3.81. The van der Waals surface area contributed by atoms with E-state index in [0.717, 1.165) is 36.7 Å². The fourth-order valence-electron chi connectivity index (χ4n) is 3.81. The molecule has 30 heavy (non-hydrogen) atoms. The number of hydrogen-bond donors (Lipinski definition) is 1. The predicted octanol–water partition coefficient (Wildman–Crippen LogP) is 4.87. The Hall–Kier alpha value is -3.34. The smallest absolute Gasteiger partial charge is 0.265 e. The van der Waals surface area contributed by atoms with Gasteiger partial charge >= 0.3 is 0 Å².